The van der Waals surface area contributed by atoms with Crippen molar-refractivity contribution in [1.29, 1.82) is 0 Å². The van der Waals surface area contributed by atoms with E-state index in [1.54, 1.807) is 13.3 Å². The van der Waals surface area contributed by atoms with Crippen molar-refractivity contribution in [1.82, 2.24) is 4.90 Å². The Kier molecular flexibility index (Phi) is 9.80. The van der Waals surface area contributed by atoms with Crippen molar-refractivity contribution < 1.29 is 14.3 Å². The van der Waals surface area contributed by atoms with Gasteiger partial charge in [-0.3, -0.25) is 9.59 Å². The largest absolute Gasteiger partial charge is 0.489 e. The first-order chi connectivity index (χ1) is 16.5. The Morgan fingerprint density at radius 3 is 2.41 bits per heavy atom. The Morgan fingerprint density at radius 1 is 1.12 bits per heavy atom. The zero-order chi connectivity index (χ0) is 24.3. The van der Waals surface area contributed by atoms with E-state index in [0.29, 0.717) is 19.1 Å². The second-order valence-electron chi connectivity index (χ2n) is 9.11. The summed E-state index contributed by atoms with van der Waals surface area (Å²) in [7, 11) is 0. The van der Waals surface area contributed by atoms with Crippen LogP contribution in [-0.4, -0.2) is 42.4 Å². The minimum atomic E-state index is -0.370. The molecule has 6 heteroatoms. The Labute approximate surface area is 204 Å². The topological polar surface area (TPSA) is 75.9 Å². The van der Waals surface area contributed by atoms with Gasteiger partial charge in [-0.1, -0.05) is 50.6 Å². The van der Waals surface area contributed by atoms with Crippen molar-refractivity contribution in [2.45, 2.75) is 58.6 Å². The number of likely N-dealkylation sites (tertiary alicyclic amines) is 1. The number of hydrogen-bond acceptors (Lipinski definition) is 4. The van der Waals surface area contributed by atoms with Gasteiger partial charge in [-0.25, -0.2) is 0 Å². The number of carbonyl (C=O) groups is 2. The molecule has 1 radical (unpaired) electrons. The van der Waals surface area contributed by atoms with Crippen LogP contribution >= 0.6 is 0 Å². The van der Waals surface area contributed by atoms with Crippen LogP contribution in [0.2, 0.25) is 0 Å². The molecule has 3 rings (SSSR count). The fourth-order valence-electron chi connectivity index (χ4n) is 4.25. The van der Waals surface area contributed by atoms with Crippen molar-refractivity contribution in [3.63, 3.8) is 0 Å². The predicted octanol–water partition coefficient (Wildman–Crippen LogP) is 4.58. The lowest BCUT2D eigenvalue weighted by Crippen LogP contribution is -2.47. The molecular formula is C28H38N3O3. The number of piperidine rings is 1. The lowest BCUT2D eigenvalue weighted by atomic mass is 10.00. The maximum atomic E-state index is 12.5. The Hall–Kier alpha value is -3.02. The van der Waals surface area contributed by atoms with Gasteiger partial charge < -0.3 is 20.3 Å². The van der Waals surface area contributed by atoms with Gasteiger partial charge in [-0.05, 0) is 55.5 Å². The molecule has 1 heterocycles. The fourth-order valence-corrected chi connectivity index (χ4v) is 4.25. The van der Waals surface area contributed by atoms with Crippen molar-refractivity contribution in [3.05, 3.63) is 66.6 Å². The van der Waals surface area contributed by atoms with Crippen LogP contribution in [0.3, 0.4) is 0 Å². The van der Waals surface area contributed by atoms with Gasteiger partial charge in [0.05, 0.1) is 6.42 Å². The molecule has 0 aliphatic carbocycles. The first kappa shape index (κ1) is 25.6. The number of nitrogens with two attached hydrogens (primary N) is 1. The van der Waals surface area contributed by atoms with Crippen molar-refractivity contribution in [2.24, 2.45) is 11.7 Å². The lowest BCUT2D eigenvalue weighted by Gasteiger charge is -2.40. The van der Waals surface area contributed by atoms with E-state index in [2.05, 4.69) is 36.1 Å². The van der Waals surface area contributed by atoms with Crippen molar-refractivity contribution in [2.75, 3.05) is 24.5 Å². The van der Waals surface area contributed by atoms with E-state index in [4.69, 9.17) is 10.5 Å². The highest BCUT2D eigenvalue weighted by Crippen LogP contribution is 2.27. The molecule has 0 spiro atoms. The van der Waals surface area contributed by atoms with Crippen LogP contribution < -0.4 is 15.4 Å². The molecule has 2 amide bonds. The zero-order valence-corrected chi connectivity index (χ0v) is 20.5. The van der Waals surface area contributed by atoms with E-state index in [0.717, 1.165) is 56.6 Å². The Bertz CT molecular complexity index is 893. The normalized spacial score (nSPS) is 15.1. The van der Waals surface area contributed by atoms with Crippen LogP contribution in [0.4, 0.5) is 5.69 Å². The third-order valence-corrected chi connectivity index (χ3v) is 6.52. The van der Waals surface area contributed by atoms with Gasteiger partial charge in [0.25, 0.3) is 0 Å². The molecule has 1 saturated heterocycles. The standard InChI is InChI=1S/C28H38N3O3/c1-3-4-18-31(24-11-13-26(14-12-24)34-21-23-8-6-5-7-9-23)25-16-19-30(20-17-25)27(32)15-10-22(2)28(29)33/h5-9,11-15,22,25H,3-4,10,16-21H2,1-2H3,(H2,29,33). The number of ether oxygens (including phenoxy) is 1. The fraction of sp³-hybridized carbons (Fsp3) is 0.464. The van der Waals surface area contributed by atoms with E-state index < -0.39 is 0 Å². The highest BCUT2D eigenvalue weighted by Gasteiger charge is 2.27. The molecule has 1 aliphatic rings. The number of unbranched alkanes of at least 4 members (excludes halogenated alkanes) is 1. The Balaban J connectivity index is 1.55. The summed E-state index contributed by atoms with van der Waals surface area (Å²) in [5.41, 5.74) is 7.66. The molecule has 2 aromatic carbocycles. The molecule has 2 N–H and O–H groups in total. The molecule has 1 aliphatic heterocycles. The summed E-state index contributed by atoms with van der Waals surface area (Å²) >= 11 is 0. The van der Waals surface area contributed by atoms with Crippen LogP contribution in [0.15, 0.2) is 54.6 Å². The van der Waals surface area contributed by atoms with E-state index in [1.807, 2.05) is 35.2 Å². The molecule has 0 bridgehead atoms. The van der Waals surface area contributed by atoms with Gasteiger partial charge in [-0.15, -0.1) is 0 Å². The van der Waals surface area contributed by atoms with Gasteiger partial charge in [0.1, 0.15) is 12.4 Å². The van der Waals surface area contributed by atoms with E-state index in [1.165, 1.54) is 5.69 Å². The van der Waals surface area contributed by atoms with Crippen LogP contribution in [-0.2, 0) is 16.2 Å². The third-order valence-electron chi connectivity index (χ3n) is 6.52. The number of nitrogens with zero attached hydrogens (tertiary/aromatic N) is 2. The minimum absolute atomic E-state index is 0.00609. The van der Waals surface area contributed by atoms with Crippen LogP contribution in [0, 0.1) is 12.3 Å². The van der Waals surface area contributed by atoms with Crippen LogP contribution in [0.5, 0.6) is 5.75 Å². The number of primary amides is 1. The average Bonchev–Trinajstić information content (AvgIpc) is 2.87. The maximum Gasteiger partial charge on any atom is 0.226 e. The molecular weight excluding hydrogens is 426 g/mol. The highest BCUT2D eigenvalue weighted by molar-refractivity contribution is 5.86. The molecule has 2 aromatic rings. The van der Waals surface area contributed by atoms with Gasteiger partial charge in [0.15, 0.2) is 0 Å². The van der Waals surface area contributed by atoms with Gasteiger partial charge in [-0.2, -0.15) is 0 Å². The molecule has 0 aromatic heterocycles. The maximum absolute atomic E-state index is 12.5. The number of anilines is 1. The summed E-state index contributed by atoms with van der Waals surface area (Å²) in [5.74, 6) is 0.187. The molecule has 6 nitrogen and oxygen atoms in total. The van der Waals surface area contributed by atoms with Gasteiger partial charge in [0, 0.05) is 37.3 Å². The number of carbonyl (C=O) groups excluding carboxylic acids is 2. The summed E-state index contributed by atoms with van der Waals surface area (Å²) in [4.78, 5) is 28.1. The second kappa shape index (κ2) is 13.0. The number of rotatable bonds is 12. The molecule has 0 saturated carbocycles. The zero-order valence-electron chi connectivity index (χ0n) is 20.5. The number of amides is 2. The first-order valence-corrected chi connectivity index (χ1v) is 12.4. The van der Waals surface area contributed by atoms with E-state index >= 15 is 0 Å². The Morgan fingerprint density at radius 2 is 1.79 bits per heavy atom. The van der Waals surface area contributed by atoms with Crippen LogP contribution in [0.25, 0.3) is 0 Å². The first-order valence-electron chi connectivity index (χ1n) is 12.4. The predicted molar refractivity (Wildman–Crippen MR) is 136 cm³/mol. The van der Waals surface area contributed by atoms with Crippen molar-refractivity contribution >= 4 is 17.5 Å². The molecule has 1 unspecified atom stereocenters. The van der Waals surface area contributed by atoms with Gasteiger partial charge in [0.2, 0.25) is 11.8 Å². The molecule has 1 fully saturated rings. The summed E-state index contributed by atoms with van der Waals surface area (Å²) in [5, 5.41) is 0. The third kappa shape index (κ3) is 7.51. The van der Waals surface area contributed by atoms with E-state index in [9.17, 15) is 9.59 Å². The highest BCUT2D eigenvalue weighted by atomic mass is 16.5. The number of benzene rings is 2. The molecule has 1 atom stereocenters. The van der Waals surface area contributed by atoms with Crippen LogP contribution in [0.1, 0.15) is 51.5 Å². The van der Waals surface area contributed by atoms with E-state index in [-0.39, 0.29) is 17.7 Å². The molecule has 183 valence electrons. The SMILES string of the molecule is CCCCN(c1ccc(OCc2ccccc2)cc1)C1CCN(C(=O)[CH]CC(C)C(N)=O)CC1. The smallest absolute Gasteiger partial charge is 0.226 e. The minimum Gasteiger partial charge on any atom is -0.489 e. The summed E-state index contributed by atoms with van der Waals surface area (Å²) in [6, 6.07) is 19.0. The van der Waals surface area contributed by atoms with Crippen molar-refractivity contribution in [3.8, 4) is 5.75 Å². The number of hydrogen-bond donors (Lipinski definition) is 1. The summed E-state index contributed by atoms with van der Waals surface area (Å²) in [6.45, 7) is 6.98. The summed E-state index contributed by atoms with van der Waals surface area (Å²) < 4.78 is 5.95. The average molecular weight is 465 g/mol. The quantitative estimate of drug-likeness (QED) is 0.499. The lowest BCUT2D eigenvalue weighted by molar-refractivity contribution is -0.129. The monoisotopic (exact) mass is 464 g/mol. The second-order valence-corrected chi connectivity index (χ2v) is 9.11. The van der Waals surface area contributed by atoms with Gasteiger partial charge >= 0.3 is 0 Å². The summed E-state index contributed by atoms with van der Waals surface area (Å²) in [6.07, 6.45) is 6.14. The molecule has 34 heavy (non-hydrogen) atoms.